The third-order valence-electron chi connectivity index (χ3n) is 4.12. The molecule has 0 aromatic heterocycles. The van der Waals surface area contributed by atoms with Gasteiger partial charge in [-0.2, -0.15) is 0 Å². The van der Waals surface area contributed by atoms with Crippen molar-refractivity contribution in [2.24, 2.45) is 0 Å². The van der Waals surface area contributed by atoms with Gasteiger partial charge >= 0.3 is 0 Å². The summed E-state index contributed by atoms with van der Waals surface area (Å²) < 4.78 is 16.2. The first-order valence-electron chi connectivity index (χ1n) is 8.98. The summed E-state index contributed by atoms with van der Waals surface area (Å²) in [7, 11) is 1.47. The third-order valence-corrected chi connectivity index (χ3v) is 4.12. The van der Waals surface area contributed by atoms with Gasteiger partial charge in [-0.3, -0.25) is 25.2 Å². The fourth-order valence-corrected chi connectivity index (χ4v) is 2.73. The van der Waals surface area contributed by atoms with E-state index in [1.165, 1.54) is 13.2 Å². The van der Waals surface area contributed by atoms with E-state index in [1.54, 1.807) is 36.4 Å². The monoisotopic (exact) mass is 399 g/mol. The molecule has 0 saturated carbocycles. The zero-order valence-electron chi connectivity index (χ0n) is 16.0. The van der Waals surface area contributed by atoms with E-state index in [-0.39, 0.29) is 12.0 Å². The number of hydrogen-bond donors (Lipinski definition) is 3. The minimum Gasteiger partial charge on any atom is -0.493 e. The van der Waals surface area contributed by atoms with E-state index in [0.29, 0.717) is 29.5 Å². The van der Waals surface area contributed by atoms with Crippen molar-refractivity contribution < 1.29 is 28.6 Å². The lowest BCUT2D eigenvalue weighted by Gasteiger charge is -2.25. The summed E-state index contributed by atoms with van der Waals surface area (Å²) in [5.74, 6) is -0.153. The quantitative estimate of drug-likeness (QED) is 0.636. The van der Waals surface area contributed by atoms with Crippen molar-refractivity contribution in [3.05, 3.63) is 48.0 Å². The van der Waals surface area contributed by atoms with Crippen LogP contribution in [0.4, 0.5) is 5.69 Å². The van der Waals surface area contributed by atoms with Gasteiger partial charge in [0.2, 0.25) is 5.91 Å². The number of carbonyl (C=O) groups is 3. The molecule has 0 unspecified atom stereocenters. The number of rotatable bonds is 6. The Hall–Kier alpha value is -3.75. The Balaban J connectivity index is 1.55. The summed E-state index contributed by atoms with van der Waals surface area (Å²) in [6.45, 7) is 2.30. The van der Waals surface area contributed by atoms with Crippen molar-refractivity contribution in [2.75, 3.05) is 19.0 Å². The van der Waals surface area contributed by atoms with E-state index in [4.69, 9.17) is 14.2 Å². The smallest absolute Gasteiger partial charge is 0.269 e. The van der Waals surface area contributed by atoms with Crippen molar-refractivity contribution in [3.8, 4) is 17.2 Å². The Morgan fingerprint density at radius 2 is 1.93 bits per heavy atom. The lowest BCUT2D eigenvalue weighted by Crippen LogP contribution is -2.46. The molecule has 29 heavy (non-hydrogen) atoms. The number of methoxy groups -OCH3 is 1. The molecule has 2 aromatic rings. The highest BCUT2D eigenvalue weighted by Gasteiger charge is 2.29. The molecule has 152 valence electrons. The van der Waals surface area contributed by atoms with Gasteiger partial charge in [-0.05, 0) is 37.3 Å². The van der Waals surface area contributed by atoms with Crippen LogP contribution in [0.1, 0.15) is 23.7 Å². The van der Waals surface area contributed by atoms with Crippen molar-refractivity contribution >= 4 is 23.4 Å². The molecule has 9 nitrogen and oxygen atoms in total. The van der Waals surface area contributed by atoms with Gasteiger partial charge in [-0.1, -0.05) is 12.1 Å². The molecule has 0 aliphatic carbocycles. The highest BCUT2D eigenvalue weighted by Crippen LogP contribution is 2.30. The van der Waals surface area contributed by atoms with Crippen LogP contribution in [0.15, 0.2) is 42.5 Å². The molecule has 2 aromatic carbocycles. The Morgan fingerprint density at radius 3 is 2.69 bits per heavy atom. The predicted molar refractivity (Wildman–Crippen MR) is 104 cm³/mol. The fourth-order valence-electron chi connectivity index (χ4n) is 2.73. The minimum absolute atomic E-state index is 0.257. The number of hydrazine groups is 1. The molecule has 1 aliphatic heterocycles. The molecule has 9 heteroatoms. The molecule has 0 bridgehead atoms. The average Bonchev–Trinajstić information content (AvgIpc) is 2.73. The third kappa shape index (κ3) is 4.75. The Kier molecular flexibility index (Phi) is 6.18. The van der Waals surface area contributed by atoms with E-state index in [2.05, 4.69) is 16.2 Å². The number of nitrogens with one attached hydrogen (secondary N) is 3. The first-order chi connectivity index (χ1) is 14.0. The Bertz CT molecular complexity index is 930. The van der Waals surface area contributed by atoms with Crippen LogP contribution in [-0.2, 0) is 9.59 Å². The van der Waals surface area contributed by atoms with Crippen molar-refractivity contribution in [3.63, 3.8) is 0 Å². The van der Waals surface area contributed by atoms with E-state index >= 15 is 0 Å². The topological polar surface area (TPSA) is 115 Å². The molecule has 1 aliphatic rings. The maximum atomic E-state index is 12.3. The second-order valence-corrected chi connectivity index (χ2v) is 6.10. The fraction of sp³-hybridized carbons (Fsp3) is 0.250. The molecule has 0 radical (unpaired) electrons. The highest BCUT2D eigenvalue weighted by atomic mass is 16.5. The molecule has 3 rings (SSSR count). The second-order valence-electron chi connectivity index (χ2n) is 6.10. The molecule has 0 fully saturated rings. The maximum absolute atomic E-state index is 12.3. The van der Waals surface area contributed by atoms with Crippen molar-refractivity contribution in [1.82, 2.24) is 10.9 Å². The number of hydrogen-bond acceptors (Lipinski definition) is 6. The number of benzene rings is 2. The Labute approximate surface area is 167 Å². The lowest BCUT2D eigenvalue weighted by molar-refractivity contribution is -0.130. The molecule has 0 saturated heterocycles. The first kappa shape index (κ1) is 20.0. The minimum atomic E-state index is -0.993. The van der Waals surface area contributed by atoms with Crippen molar-refractivity contribution in [1.29, 1.82) is 0 Å². The van der Waals surface area contributed by atoms with Gasteiger partial charge in [-0.15, -0.1) is 0 Å². The van der Waals surface area contributed by atoms with Crippen LogP contribution in [0.2, 0.25) is 0 Å². The van der Waals surface area contributed by atoms with Crippen LogP contribution in [0.5, 0.6) is 17.2 Å². The molecule has 3 N–H and O–H groups in total. The standard InChI is InChI=1S/C20H21N3O6/c1-3-28-15-9-8-12(10-16(15)27-2)19(25)23-22-18(24)11-17-20(26)21-13-6-4-5-7-14(13)29-17/h4-10,17H,3,11H2,1-2H3,(H,21,26)(H,22,24)(H,23,25)/t17-/m1/s1. The number of fused-ring (bicyclic) bond motifs is 1. The average molecular weight is 399 g/mol. The van der Waals surface area contributed by atoms with Gasteiger partial charge in [0, 0.05) is 5.56 Å². The number of amides is 3. The van der Waals surface area contributed by atoms with Gasteiger partial charge in [0.05, 0.1) is 25.8 Å². The summed E-state index contributed by atoms with van der Waals surface area (Å²) in [6.07, 6.45) is -1.25. The zero-order valence-corrected chi connectivity index (χ0v) is 16.0. The SMILES string of the molecule is CCOc1ccc(C(=O)NNC(=O)C[C@H]2Oc3ccccc3NC2=O)cc1OC. The van der Waals surface area contributed by atoms with Crippen LogP contribution < -0.4 is 30.4 Å². The first-order valence-corrected chi connectivity index (χ1v) is 8.98. The van der Waals surface area contributed by atoms with Gasteiger partial charge in [0.15, 0.2) is 17.6 Å². The number of anilines is 1. The molecule has 1 heterocycles. The van der Waals surface area contributed by atoms with E-state index in [1.807, 2.05) is 6.92 Å². The summed E-state index contributed by atoms with van der Waals surface area (Å²) in [6, 6.07) is 11.6. The summed E-state index contributed by atoms with van der Waals surface area (Å²) in [4.78, 5) is 36.5. The van der Waals surface area contributed by atoms with Crippen LogP contribution >= 0.6 is 0 Å². The van der Waals surface area contributed by atoms with Gasteiger partial charge in [0.1, 0.15) is 5.75 Å². The van der Waals surface area contributed by atoms with Crippen LogP contribution in [0.3, 0.4) is 0 Å². The molecule has 3 amide bonds. The van der Waals surface area contributed by atoms with Crippen LogP contribution in [0.25, 0.3) is 0 Å². The molecule has 1 atom stereocenters. The van der Waals surface area contributed by atoms with Crippen molar-refractivity contribution in [2.45, 2.75) is 19.4 Å². The molecule has 0 spiro atoms. The van der Waals surface area contributed by atoms with Gasteiger partial charge in [0.25, 0.3) is 11.8 Å². The maximum Gasteiger partial charge on any atom is 0.269 e. The van der Waals surface area contributed by atoms with Gasteiger partial charge < -0.3 is 19.5 Å². The summed E-state index contributed by atoms with van der Waals surface area (Å²) in [5, 5.41) is 2.68. The van der Waals surface area contributed by atoms with Gasteiger partial charge in [-0.25, -0.2) is 0 Å². The highest BCUT2D eigenvalue weighted by molar-refractivity contribution is 6.00. The summed E-state index contributed by atoms with van der Waals surface area (Å²) in [5.41, 5.74) is 5.40. The van der Waals surface area contributed by atoms with E-state index in [0.717, 1.165) is 0 Å². The van der Waals surface area contributed by atoms with E-state index in [9.17, 15) is 14.4 Å². The van der Waals surface area contributed by atoms with Crippen LogP contribution in [0, 0.1) is 0 Å². The lowest BCUT2D eigenvalue weighted by atomic mass is 10.1. The summed E-state index contributed by atoms with van der Waals surface area (Å²) >= 11 is 0. The number of ether oxygens (including phenoxy) is 3. The number of para-hydroxylation sites is 2. The second kappa shape index (κ2) is 8.96. The Morgan fingerprint density at radius 1 is 1.14 bits per heavy atom. The number of carbonyl (C=O) groups excluding carboxylic acids is 3. The predicted octanol–water partition coefficient (Wildman–Crippen LogP) is 1.64. The normalized spacial score (nSPS) is 14.7. The zero-order chi connectivity index (χ0) is 20.8. The molecular formula is C20H21N3O6. The largest absolute Gasteiger partial charge is 0.493 e. The van der Waals surface area contributed by atoms with Crippen LogP contribution in [-0.4, -0.2) is 37.5 Å². The van der Waals surface area contributed by atoms with E-state index < -0.39 is 23.8 Å². The molecular weight excluding hydrogens is 378 g/mol.